The van der Waals surface area contributed by atoms with E-state index in [4.69, 9.17) is 21.1 Å². The van der Waals surface area contributed by atoms with Gasteiger partial charge in [-0.2, -0.15) is 0 Å². The predicted molar refractivity (Wildman–Crippen MR) is 68.7 cm³/mol. The molecule has 0 saturated heterocycles. The molecule has 2 rings (SSSR count). The van der Waals surface area contributed by atoms with Gasteiger partial charge in [0.15, 0.2) is 0 Å². The van der Waals surface area contributed by atoms with Crippen LogP contribution in [0.25, 0.3) is 0 Å². The molecule has 0 heterocycles. The number of rotatable bonds is 4. The maximum Gasteiger partial charge on any atom is 0.145 e. The van der Waals surface area contributed by atoms with Crippen LogP contribution in [0.4, 0.5) is 4.39 Å². The Kier molecular flexibility index (Phi) is 4.05. The Labute approximate surface area is 110 Å². The Balaban J connectivity index is 2.04. The van der Waals surface area contributed by atoms with E-state index in [9.17, 15) is 4.39 Å². The van der Waals surface area contributed by atoms with Crippen molar-refractivity contribution in [3.8, 4) is 11.5 Å². The van der Waals surface area contributed by atoms with Gasteiger partial charge in [-0.05, 0) is 29.8 Å². The summed E-state index contributed by atoms with van der Waals surface area (Å²) in [6.45, 7) is 0.346. The fraction of sp³-hybridized carbons (Fsp3) is 0.143. The van der Waals surface area contributed by atoms with E-state index < -0.39 is 5.82 Å². The first kappa shape index (κ1) is 12.7. The molecule has 0 N–H and O–H groups in total. The molecule has 2 aromatic carbocycles. The fourth-order valence-electron chi connectivity index (χ4n) is 1.50. The summed E-state index contributed by atoms with van der Waals surface area (Å²) in [7, 11) is 1.61. The molecule has 94 valence electrons. The van der Waals surface area contributed by atoms with E-state index >= 15 is 0 Å². The van der Waals surface area contributed by atoms with Gasteiger partial charge in [-0.3, -0.25) is 0 Å². The van der Waals surface area contributed by atoms with E-state index in [1.165, 1.54) is 12.1 Å². The monoisotopic (exact) mass is 266 g/mol. The Morgan fingerprint density at radius 3 is 2.67 bits per heavy atom. The lowest BCUT2D eigenvalue weighted by Gasteiger charge is -2.08. The lowest BCUT2D eigenvalue weighted by atomic mass is 10.2. The van der Waals surface area contributed by atoms with Crippen molar-refractivity contribution in [3.63, 3.8) is 0 Å². The van der Waals surface area contributed by atoms with Crippen LogP contribution in [0, 0.1) is 5.82 Å². The molecule has 2 aromatic rings. The molecule has 0 amide bonds. The van der Waals surface area contributed by atoms with Crippen LogP contribution in [0.5, 0.6) is 11.5 Å². The number of methoxy groups -OCH3 is 1. The van der Waals surface area contributed by atoms with Crippen LogP contribution in [0.3, 0.4) is 0 Å². The second kappa shape index (κ2) is 5.74. The molecular weight excluding hydrogens is 255 g/mol. The summed E-state index contributed by atoms with van der Waals surface area (Å²) in [6.07, 6.45) is 0. The van der Waals surface area contributed by atoms with Gasteiger partial charge in [-0.15, -0.1) is 0 Å². The topological polar surface area (TPSA) is 18.5 Å². The molecule has 0 bridgehead atoms. The summed E-state index contributed by atoms with van der Waals surface area (Å²) >= 11 is 5.59. The van der Waals surface area contributed by atoms with Crippen molar-refractivity contribution in [2.24, 2.45) is 0 Å². The summed E-state index contributed by atoms with van der Waals surface area (Å²) in [5.41, 5.74) is 0.949. The van der Waals surface area contributed by atoms with Crippen molar-refractivity contribution in [1.82, 2.24) is 0 Å². The molecule has 0 aromatic heterocycles. The highest BCUT2D eigenvalue weighted by Gasteiger charge is 2.02. The van der Waals surface area contributed by atoms with Crippen molar-refractivity contribution in [2.75, 3.05) is 7.11 Å². The summed E-state index contributed by atoms with van der Waals surface area (Å²) < 4.78 is 23.8. The van der Waals surface area contributed by atoms with Crippen molar-refractivity contribution >= 4 is 11.6 Å². The van der Waals surface area contributed by atoms with Gasteiger partial charge in [-0.1, -0.05) is 23.7 Å². The van der Waals surface area contributed by atoms with E-state index in [1.54, 1.807) is 13.2 Å². The molecular formula is C14H12ClFO2. The highest BCUT2D eigenvalue weighted by Crippen LogP contribution is 2.21. The van der Waals surface area contributed by atoms with Crippen molar-refractivity contribution < 1.29 is 13.9 Å². The molecule has 0 radical (unpaired) electrons. The fourth-order valence-corrected chi connectivity index (χ4v) is 1.61. The summed E-state index contributed by atoms with van der Waals surface area (Å²) in [4.78, 5) is 0. The molecule has 0 unspecified atom stereocenters. The number of benzene rings is 2. The summed E-state index contributed by atoms with van der Waals surface area (Å²) in [6, 6.07) is 11.9. The Morgan fingerprint density at radius 1 is 1.11 bits per heavy atom. The average Bonchev–Trinajstić information content (AvgIpc) is 2.40. The van der Waals surface area contributed by atoms with E-state index in [0.29, 0.717) is 12.4 Å². The molecule has 4 heteroatoms. The van der Waals surface area contributed by atoms with Crippen LogP contribution in [-0.4, -0.2) is 7.11 Å². The molecule has 0 spiro atoms. The quantitative estimate of drug-likeness (QED) is 0.831. The van der Waals surface area contributed by atoms with Gasteiger partial charge < -0.3 is 9.47 Å². The third-order valence-electron chi connectivity index (χ3n) is 2.43. The van der Waals surface area contributed by atoms with E-state index in [1.807, 2.05) is 24.3 Å². The van der Waals surface area contributed by atoms with Crippen molar-refractivity contribution in [3.05, 3.63) is 58.9 Å². The van der Waals surface area contributed by atoms with E-state index in [2.05, 4.69) is 0 Å². The SMILES string of the molecule is COc1cccc(COc2ccc(Cl)c(F)c2)c1. The minimum Gasteiger partial charge on any atom is -0.497 e. The van der Waals surface area contributed by atoms with Gasteiger partial charge in [0.2, 0.25) is 0 Å². The van der Waals surface area contributed by atoms with Gasteiger partial charge in [0.05, 0.1) is 12.1 Å². The number of halogens is 2. The average molecular weight is 267 g/mol. The summed E-state index contributed by atoms with van der Waals surface area (Å²) in [5, 5.41) is 0.0868. The molecule has 0 aliphatic rings. The van der Waals surface area contributed by atoms with E-state index in [0.717, 1.165) is 11.3 Å². The molecule has 0 aliphatic heterocycles. The highest BCUT2D eigenvalue weighted by atomic mass is 35.5. The van der Waals surface area contributed by atoms with Gasteiger partial charge in [0.25, 0.3) is 0 Å². The first-order chi connectivity index (χ1) is 8.69. The van der Waals surface area contributed by atoms with Gasteiger partial charge in [0, 0.05) is 6.07 Å². The van der Waals surface area contributed by atoms with Crippen LogP contribution in [0.2, 0.25) is 5.02 Å². The largest absolute Gasteiger partial charge is 0.497 e. The molecule has 0 fully saturated rings. The summed E-state index contributed by atoms with van der Waals surface area (Å²) in [5.74, 6) is 0.720. The van der Waals surface area contributed by atoms with Crippen LogP contribution in [-0.2, 0) is 6.61 Å². The normalized spacial score (nSPS) is 10.2. The minimum absolute atomic E-state index is 0.0868. The second-order valence-electron chi connectivity index (χ2n) is 3.72. The number of hydrogen-bond acceptors (Lipinski definition) is 2. The number of hydrogen-bond donors (Lipinski definition) is 0. The first-order valence-corrected chi connectivity index (χ1v) is 5.77. The van der Waals surface area contributed by atoms with Crippen LogP contribution in [0.1, 0.15) is 5.56 Å². The first-order valence-electron chi connectivity index (χ1n) is 5.40. The van der Waals surface area contributed by atoms with Crippen molar-refractivity contribution in [2.45, 2.75) is 6.61 Å². The zero-order chi connectivity index (χ0) is 13.0. The minimum atomic E-state index is -0.486. The zero-order valence-electron chi connectivity index (χ0n) is 9.82. The van der Waals surface area contributed by atoms with E-state index in [-0.39, 0.29) is 5.02 Å². The molecule has 0 saturated carbocycles. The Bertz CT molecular complexity index is 543. The number of ether oxygens (including phenoxy) is 2. The lowest BCUT2D eigenvalue weighted by Crippen LogP contribution is -1.96. The smallest absolute Gasteiger partial charge is 0.145 e. The third kappa shape index (κ3) is 3.14. The molecule has 18 heavy (non-hydrogen) atoms. The predicted octanol–water partition coefficient (Wildman–Crippen LogP) is 4.07. The maximum atomic E-state index is 13.2. The van der Waals surface area contributed by atoms with Gasteiger partial charge >= 0.3 is 0 Å². The zero-order valence-corrected chi connectivity index (χ0v) is 10.6. The molecule has 2 nitrogen and oxygen atoms in total. The van der Waals surface area contributed by atoms with Crippen LogP contribution < -0.4 is 9.47 Å². The maximum absolute atomic E-state index is 13.2. The molecule has 0 atom stereocenters. The third-order valence-corrected chi connectivity index (χ3v) is 2.74. The highest BCUT2D eigenvalue weighted by molar-refractivity contribution is 6.30. The van der Waals surface area contributed by atoms with Crippen LogP contribution in [0.15, 0.2) is 42.5 Å². The lowest BCUT2D eigenvalue weighted by molar-refractivity contribution is 0.303. The van der Waals surface area contributed by atoms with Gasteiger partial charge in [0.1, 0.15) is 23.9 Å². The van der Waals surface area contributed by atoms with Crippen LogP contribution >= 0.6 is 11.6 Å². The Morgan fingerprint density at radius 2 is 1.94 bits per heavy atom. The van der Waals surface area contributed by atoms with Crippen molar-refractivity contribution in [1.29, 1.82) is 0 Å². The molecule has 0 aliphatic carbocycles. The Hall–Kier alpha value is -1.74. The second-order valence-corrected chi connectivity index (χ2v) is 4.12. The standard InChI is InChI=1S/C14H12ClFO2/c1-17-11-4-2-3-10(7-11)9-18-12-5-6-13(15)14(16)8-12/h2-8H,9H2,1H3. The van der Waals surface area contributed by atoms with Gasteiger partial charge in [-0.25, -0.2) is 4.39 Å².